The van der Waals surface area contributed by atoms with Gasteiger partial charge in [-0.2, -0.15) is 0 Å². The predicted octanol–water partition coefficient (Wildman–Crippen LogP) is 1.95. The number of rotatable bonds is 5. The molecule has 0 aliphatic heterocycles. The van der Waals surface area contributed by atoms with Gasteiger partial charge in [0.25, 0.3) is 0 Å². The molecule has 0 saturated heterocycles. The maximum atomic E-state index is 11.0. The Bertz CT molecular complexity index is 270. The lowest BCUT2D eigenvalue weighted by atomic mass is 10.1. The van der Waals surface area contributed by atoms with Crippen molar-refractivity contribution in [3.63, 3.8) is 0 Å². The van der Waals surface area contributed by atoms with Gasteiger partial charge < -0.3 is 4.74 Å². The zero-order valence-electron chi connectivity index (χ0n) is 9.63. The van der Waals surface area contributed by atoms with Crippen molar-refractivity contribution in [3.05, 3.63) is 0 Å². The highest BCUT2D eigenvalue weighted by Gasteiger charge is 2.08. The second-order valence-electron chi connectivity index (χ2n) is 3.58. The van der Waals surface area contributed by atoms with Gasteiger partial charge in [-0.15, -0.1) is 11.8 Å². The minimum Gasteiger partial charge on any atom is -0.465 e. The quantitative estimate of drug-likeness (QED) is 0.396. The number of Topliss-reactive ketones (excluding diaryl/α,β-unsaturated/α-hetero) is 1. The second-order valence-corrected chi connectivity index (χ2v) is 3.58. The minimum atomic E-state index is -0.446. The molecule has 0 aromatic rings. The standard InChI is InChI=1S/C12H18O3/c1-4-5-6-7-10(2)9-15-12(14)8-11(3)13/h10H,4,7-9H2,1-3H3. The number of hydrogen-bond donors (Lipinski definition) is 0. The zero-order valence-corrected chi connectivity index (χ0v) is 9.63. The molecule has 3 nitrogen and oxygen atoms in total. The van der Waals surface area contributed by atoms with Crippen molar-refractivity contribution >= 4 is 11.8 Å². The molecule has 1 atom stereocenters. The van der Waals surface area contributed by atoms with E-state index in [2.05, 4.69) is 11.8 Å². The van der Waals surface area contributed by atoms with Crippen LogP contribution in [-0.4, -0.2) is 18.4 Å². The lowest BCUT2D eigenvalue weighted by Crippen LogP contribution is -2.13. The van der Waals surface area contributed by atoms with Gasteiger partial charge in [0.05, 0.1) is 6.61 Å². The summed E-state index contributed by atoms with van der Waals surface area (Å²) in [4.78, 5) is 21.6. The first-order chi connectivity index (χ1) is 7.06. The highest BCUT2D eigenvalue weighted by molar-refractivity contribution is 5.94. The van der Waals surface area contributed by atoms with E-state index in [-0.39, 0.29) is 18.1 Å². The Kier molecular flexibility index (Phi) is 7.35. The lowest BCUT2D eigenvalue weighted by Gasteiger charge is -2.08. The highest BCUT2D eigenvalue weighted by Crippen LogP contribution is 2.02. The molecule has 84 valence electrons. The molecule has 0 rings (SSSR count). The van der Waals surface area contributed by atoms with Crippen LogP contribution in [0.2, 0.25) is 0 Å². The third-order valence-electron chi connectivity index (χ3n) is 1.67. The molecule has 0 aromatic heterocycles. The summed E-state index contributed by atoms with van der Waals surface area (Å²) in [5.74, 6) is 5.55. The van der Waals surface area contributed by atoms with Crippen molar-refractivity contribution in [1.82, 2.24) is 0 Å². The van der Waals surface area contributed by atoms with E-state index < -0.39 is 5.97 Å². The van der Waals surface area contributed by atoms with E-state index in [1.54, 1.807) is 0 Å². The van der Waals surface area contributed by atoms with Crippen LogP contribution >= 0.6 is 0 Å². The van der Waals surface area contributed by atoms with E-state index in [0.29, 0.717) is 6.61 Å². The third kappa shape index (κ3) is 9.01. The highest BCUT2D eigenvalue weighted by atomic mass is 16.5. The van der Waals surface area contributed by atoms with Crippen LogP contribution in [0.3, 0.4) is 0 Å². The Hall–Kier alpha value is -1.30. The van der Waals surface area contributed by atoms with E-state index in [4.69, 9.17) is 4.74 Å². The molecule has 0 aliphatic rings. The summed E-state index contributed by atoms with van der Waals surface area (Å²) in [5, 5.41) is 0. The summed E-state index contributed by atoms with van der Waals surface area (Å²) in [6.45, 7) is 5.66. The average molecular weight is 210 g/mol. The van der Waals surface area contributed by atoms with Crippen LogP contribution in [0.25, 0.3) is 0 Å². The first kappa shape index (κ1) is 13.7. The largest absolute Gasteiger partial charge is 0.465 e. The van der Waals surface area contributed by atoms with E-state index in [0.717, 1.165) is 12.8 Å². The molecule has 0 bridgehead atoms. The summed E-state index contributed by atoms with van der Waals surface area (Å²) in [6.07, 6.45) is 1.44. The average Bonchev–Trinajstić information content (AvgIpc) is 2.14. The lowest BCUT2D eigenvalue weighted by molar-refractivity contribution is -0.146. The smallest absolute Gasteiger partial charge is 0.313 e. The van der Waals surface area contributed by atoms with Crippen molar-refractivity contribution in [3.8, 4) is 11.8 Å². The van der Waals surface area contributed by atoms with E-state index in [9.17, 15) is 9.59 Å². The van der Waals surface area contributed by atoms with Gasteiger partial charge in [0.2, 0.25) is 0 Å². The van der Waals surface area contributed by atoms with Gasteiger partial charge in [-0.3, -0.25) is 9.59 Å². The van der Waals surface area contributed by atoms with Crippen molar-refractivity contribution in [1.29, 1.82) is 0 Å². The summed E-state index contributed by atoms with van der Waals surface area (Å²) in [5.41, 5.74) is 0. The third-order valence-corrected chi connectivity index (χ3v) is 1.67. The summed E-state index contributed by atoms with van der Waals surface area (Å²) < 4.78 is 4.92. The summed E-state index contributed by atoms with van der Waals surface area (Å²) in [7, 11) is 0. The Morgan fingerprint density at radius 2 is 2.00 bits per heavy atom. The van der Waals surface area contributed by atoms with Crippen molar-refractivity contribution in [2.45, 2.75) is 40.0 Å². The first-order valence-electron chi connectivity index (χ1n) is 5.17. The molecule has 15 heavy (non-hydrogen) atoms. The van der Waals surface area contributed by atoms with Crippen LogP contribution in [0.4, 0.5) is 0 Å². The topological polar surface area (TPSA) is 43.4 Å². The fraction of sp³-hybridized carbons (Fsp3) is 0.667. The van der Waals surface area contributed by atoms with Crippen molar-refractivity contribution in [2.24, 2.45) is 5.92 Å². The normalized spacial score (nSPS) is 11.1. The van der Waals surface area contributed by atoms with Crippen LogP contribution in [-0.2, 0) is 14.3 Å². The molecule has 0 aliphatic carbocycles. The summed E-state index contributed by atoms with van der Waals surface area (Å²) >= 11 is 0. The van der Waals surface area contributed by atoms with Crippen LogP contribution in [0.15, 0.2) is 0 Å². The molecule has 0 heterocycles. The van der Waals surface area contributed by atoms with Gasteiger partial charge >= 0.3 is 5.97 Å². The minimum absolute atomic E-state index is 0.132. The molecule has 0 aromatic carbocycles. The zero-order chi connectivity index (χ0) is 11.7. The molecule has 0 saturated carbocycles. The van der Waals surface area contributed by atoms with Crippen molar-refractivity contribution in [2.75, 3.05) is 6.61 Å². The molecule has 0 spiro atoms. The van der Waals surface area contributed by atoms with Gasteiger partial charge in [-0.25, -0.2) is 0 Å². The molecule has 0 N–H and O–H groups in total. The number of carbonyl (C=O) groups is 2. The number of ketones is 1. The molecule has 0 amide bonds. The Morgan fingerprint density at radius 1 is 1.33 bits per heavy atom. The van der Waals surface area contributed by atoms with Crippen molar-refractivity contribution < 1.29 is 14.3 Å². The van der Waals surface area contributed by atoms with Crippen LogP contribution in [0.5, 0.6) is 0 Å². The van der Waals surface area contributed by atoms with Gasteiger partial charge in [0.1, 0.15) is 12.2 Å². The van der Waals surface area contributed by atoms with Gasteiger partial charge in [0, 0.05) is 18.8 Å². The molecule has 0 fully saturated rings. The van der Waals surface area contributed by atoms with Crippen LogP contribution in [0, 0.1) is 17.8 Å². The molecule has 1 unspecified atom stereocenters. The number of carbonyl (C=O) groups excluding carboxylic acids is 2. The van der Waals surface area contributed by atoms with E-state index in [1.807, 2.05) is 13.8 Å². The van der Waals surface area contributed by atoms with E-state index in [1.165, 1.54) is 6.92 Å². The SMILES string of the molecule is CCC#CCC(C)COC(=O)CC(C)=O. The fourth-order valence-corrected chi connectivity index (χ4v) is 0.920. The van der Waals surface area contributed by atoms with Gasteiger partial charge in [-0.05, 0) is 6.92 Å². The number of esters is 1. The van der Waals surface area contributed by atoms with Crippen LogP contribution in [0.1, 0.15) is 40.0 Å². The Balaban J connectivity index is 3.66. The van der Waals surface area contributed by atoms with Crippen LogP contribution < -0.4 is 0 Å². The molecule has 0 radical (unpaired) electrons. The van der Waals surface area contributed by atoms with Gasteiger partial charge in [0.15, 0.2) is 0 Å². The Labute approximate surface area is 91.2 Å². The van der Waals surface area contributed by atoms with E-state index >= 15 is 0 Å². The number of ether oxygens (including phenoxy) is 1. The fourth-order valence-electron chi connectivity index (χ4n) is 0.920. The maximum Gasteiger partial charge on any atom is 0.313 e. The maximum absolute atomic E-state index is 11.0. The predicted molar refractivity (Wildman–Crippen MR) is 58.1 cm³/mol. The second kappa shape index (κ2) is 8.05. The number of hydrogen-bond acceptors (Lipinski definition) is 3. The molecule has 3 heteroatoms. The summed E-state index contributed by atoms with van der Waals surface area (Å²) in [6, 6.07) is 0. The monoisotopic (exact) mass is 210 g/mol. The molecular weight excluding hydrogens is 192 g/mol. The Morgan fingerprint density at radius 3 is 2.53 bits per heavy atom. The van der Waals surface area contributed by atoms with Gasteiger partial charge in [-0.1, -0.05) is 13.8 Å². The molecular formula is C12H18O3. The first-order valence-corrected chi connectivity index (χ1v) is 5.17.